The minimum atomic E-state index is -1.23. The normalized spacial score (nSPS) is 11.3. The van der Waals surface area contributed by atoms with E-state index in [1.165, 1.54) is 29.5 Å². The summed E-state index contributed by atoms with van der Waals surface area (Å²) >= 11 is 7.62. The van der Waals surface area contributed by atoms with Crippen LogP contribution in [0.5, 0.6) is 0 Å². The molecule has 0 aliphatic carbocycles. The number of carboxylic acid groups (broad SMARTS) is 1. The van der Waals surface area contributed by atoms with Gasteiger partial charge in [0.15, 0.2) is 0 Å². The largest absolute Gasteiger partial charge is 0.478 e. The van der Waals surface area contributed by atoms with Crippen molar-refractivity contribution in [3.63, 3.8) is 0 Å². The van der Waals surface area contributed by atoms with E-state index in [2.05, 4.69) is 31.4 Å². The first-order valence-electron chi connectivity index (χ1n) is 10.8. The number of halogens is 1. The average molecular weight is 507 g/mol. The molecule has 4 aromatic rings. The van der Waals surface area contributed by atoms with Crippen LogP contribution in [0.2, 0.25) is 5.02 Å². The Hall–Kier alpha value is -3.68. The van der Waals surface area contributed by atoms with Gasteiger partial charge in [-0.1, -0.05) is 62.7 Å². The van der Waals surface area contributed by atoms with Crippen molar-refractivity contribution in [3.05, 3.63) is 93.3 Å². The molecule has 4 rings (SSSR count). The molecule has 3 aromatic carbocycles. The molecule has 0 aliphatic heterocycles. The predicted molar refractivity (Wildman–Crippen MR) is 141 cm³/mol. The Bertz CT molecular complexity index is 1470. The molecule has 3 N–H and O–H groups in total. The molecule has 0 aliphatic rings. The third-order valence-electron chi connectivity index (χ3n) is 5.49. The van der Waals surface area contributed by atoms with Crippen LogP contribution in [0.3, 0.4) is 0 Å². The summed E-state index contributed by atoms with van der Waals surface area (Å²) in [5.41, 5.74) is 1.66. The zero-order chi connectivity index (χ0) is 25.3. The van der Waals surface area contributed by atoms with E-state index < -0.39 is 17.8 Å². The minimum absolute atomic E-state index is 0.00659. The van der Waals surface area contributed by atoms with Crippen molar-refractivity contribution in [1.29, 1.82) is 0 Å². The number of hydrogen-bond acceptors (Lipinski definition) is 4. The van der Waals surface area contributed by atoms with Crippen LogP contribution in [0.4, 0.5) is 11.4 Å². The van der Waals surface area contributed by atoms with Crippen molar-refractivity contribution in [3.8, 4) is 0 Å². The van der Waals surface area contributed by atoms with Gasteiger partial charge in [-0.25, -0.2) is 4.79 Å². The first-order chi connectivity index (χ1) is 16.5. The summed E-state index contributed by atoms with van der Waals surface area (Å²) in [6, 6.07) is 18.9. The molecule has 0 radical (unpaired) electrons. The molecule has 0 fully saturated rings. The van der Waals surface area contributed by atoms with Crippen molar-refractivity contribution in [2.45, 2.75) is 26.2 Å². The maximum absolute atomic E-state index is 13.0. The minimum Gasteiger partial charge on any atom is -0.478 e. The SMILES string of the molecule is CC(C)(C)c1cccc(NC(=O)c2ccc(C(=O)O)c(NC(=O)c3sc4ccccc4c3Cl)c2)c1. The van der Waals surface area contributed by atoms with E-state index in [9.17, 15) is 19.5 Å². The number of benzene rings is 3. The molecule has 0 atom stereocenters. The van der Waals surface area contributed by atoms with Gasteiger partial charge in [-0.2, -0.15) is 0 Å². The number of carbonyl (C=O) groups is 3. The lowest BCUT2D eigenvalue weighted by Gasteiger charge is -2.20. The number of carboxylic acids is 1. The molecule has 0 spiro atoms. The third-order valence-corrected chi connectivity index (χ3v) is 7.16. The van der Waals surface area contributed by atoms with Gasteiger partial charge in [0.2, 0.25) is 0 Å². The van der Waals surface area contributed by atoms with Crippen molar-refractivity contribution < 1.29 is 19.5 Å². The summed E-state index contributed by atoms with van der Waals surface area (Å²) in [5, 5.41) is 16.1. The molecule has 8 heteroatoms. The van der Waals surface area contributed by atoms with Crippen molar-refractivity contribution in [2.24, 2.45) is 0 Å². The van der Waals surface area contributed by atoms with E-state index >= 15 is 0 Å². The van der Waals surface area contributed by atoms with Crippen molar-refractivity contribution in [2.75, 3.05) is 10.6 Å². The van der Waals surface area contributed by atoms with E-state index in [1.807, 2.05) is 42.5 Å². The Morgan fingerprint density at radius 1 is 0.886 bits per heavy atom. The molecule has 2 amide bonds. The summed E-state index contributed by atoms with van der Waals surface area (Å²) in [5.74, 6) is -2.20. The number of thiophene rings is 1. The Morgan fingerprint density at radius 3 is 2.31 bits per heavy atom. The maximum Gasteiger partial charge on any atom is 0.337 e. The zero-order valence-corrected chi connectivity index (χ0v) is 20.9. The Balaban J connectivity index is 1.62. The smallest absolute Gasteiger partial charge is 0.337 e. The van der Waals surface area contributed by atoms with E-state index in [1.54, 1.807) is 6.07 Å². The van der Waals surface area contributed by atoms with Gasteiger partial charge in [0, 0.05) is 21.3 Å². The fourth-order valence-corrected chi connectivity index (χ4v) is 4.99. The van der Waals surface area contributed by atoms with Crippen LogP contribution in [0.15, 0.2) is 66.7 Å². The molecule has 0 unspecified atom stereocenters. The van der Waals surface area contributed by atoms with E-state index in [0.717, 1.165) is 15.6 Å². The standard InChI is InChI=1S/C27H23ClN2O4S/c1-27(2,3)16-7-6-8-17(14-16)29-24(31)15-11-12-18(26(33)34)20(13-15)30-25(32)23-22(28)19-9-4-5-10-21(19)35-23/h4-14H,1-3H3,(H,29,31)(H,30,32)(H,33,34). The maximum atomic E-state index is 13.0. The summed E-state index contributed by atoms with van der Waals surface area (Å²) in [6.45, 7) is 6.24. The molecular weight excluding hydrogens is 484 g/mol. The monoisotopic (exact) mass is 506 g/mol. The third kappa shape index (κ3) is 5.21. The van der Waals surface area contributed by atoms with Gasteiger partial charge >= 0.3 is 5.97 Å². The molecule has 6 nitrogen and oxygen atoms in total. The van der Waals surface area contributed by atoms with Crippen LogP contribution < -0.4 is 10.6 Å². The molecular formula is C27H23ClN2O4S. The number of aromatic carboxylic acids is 1. The predicted octanol–water partition coefficient (Wildman–Crippen LogP) is 7.06. The number of rotatable bonds is 5. The Labute approximate surface area is 211 Å². The van der Waals surface area contributed by atoms with Gasteiger partial charge in [-0.3, -0.25) is 9.59 Å². The van der Waals surface area contributed by atoms with Gasteiger partial charge in [-0.05, 0) is 47.4 Å². The fraction of sp³-hybridized carbons (Fsp3) is 0.148. The topological polar surface area (TPSA) is 95.5 Å². The highest BCUT2D eigenvalue weighted by molar-refractivity contribution is 7.21. The quantitative estimate of drug-likeness (QED) is 0.270. The Kier molecular flexibility index (Phi) is 6.65. The van der Waals surface area contributed by atoms with Crippen LogP contribution in [-0.2, 0) is 5.41 Å². The van der Waals surface area contributed by atoms with Gasteiger partial charge in [-0.15, -0.1) is 11.3 Å². The Morgan fingerprint density at radius 2 is 1.63 bits per heavy atom. The number of carbonyl (C=O) groups excluding carboxylic acids is 2. The second-order valence-corrected chi connectivity index (χ2v) is 10.5. The second-order valence-electron chi connectivity index (χ2n) is 9.05. The number of anilines is 2. The van der Waals surface area contributed by atoms with Crippen LogP contribution >= 0.6 is 22.9 Å². The lowest BCUT2D eigenvalue weighted by Crippen LogP contribution is -2.17. The molecule has 0 saturated heterocycles. The van der Waals surface area contributed by atoms with Gasteiger partial charge in [0.05, 0.1) is 16.3 Å². The van der Waals surface area contributed by atoms with E-state index in [-0.39, 0.29) is 27.1 Å². The molecule has 178 valence electrons. The van der Waals surface area contributed by atoms with Crippen LogP contribution in [0, 0.1) is 0 Å². The van der Waals surface area contributed by atoms with Crippen LogP contribution in [0.25, 0.3) is 10.1 Å². The van der Waals surface area contributed by atoms with Gasteiger partial charge in [0.1, 0.15) is 4.88 Å². The highest BCUT2D eigenvalue weighted by atomic mass is 35.5. The summed E-state index contributed by atoms with van der Waals surface area (Å²) in [6.07, 6.45) is 0. The van der Waals surface area contributed by atoms with Crippen LogP contribution in [0.1, 0.15) is 56.7 Å². The average Bonchev–Trinajstić information content (AvgIpc) is 3.15. The molecule has 0 saturated carbocycles. The second kappa shape index (κ2) is 9.52. The van der Waals surface area contributed by atoms with Crippen molar-refractivity contribution in [1.82, 2.24) is 0 Å². The van der Waals surface area contributed by atoms with Gasteiger partial charge < -0.3 is 15.7 Å². The molecule has 35 heavy (non-hydrogen) atoms. The number of nitrogens with one attached hydrogen (secondary N) is 2. The number of fused-ring (bicyclic) bond motifs is 1. The highest BCUT2D eigenvalue weighted by Crippen LogP contribution is 2.36. The first-order valence-corrected chi connectivity index (χ1v) is 12.0. The highest BCUT2D eigenvalue weighted by Gasteiger charge is 2.21. The number of amides is 2. The molecule has 0 bridgehead atoms. The van der Waals surface area contributed by atoms with E-state index in [0.29, 0.717) is 10.7 Å². The summed E-state index contributed by atoms with van der Waals surface area (Å²) in [7, 11) is 0. The first kappa shape index (κ1) is 24.4. The number of hydrogen-bond donors (Lipinski definition) is 3. The van der Waals surface area contributed by atoms with Crippen molar-refractivity contribution >= 4 is 62.2 Å². The summed E-state index contributed by atoms with van der Waals surface area (Å²) in [4.78, 5) is 38.0. The fourth-order valence-electron chi connectivity index (χ4n) is 3.58. The lowest BCUT2D eigenvalue weighted by atomic mass is 9.87. The summed E-state index contributed by atoms with van der Waals surface area (Å²) < 4.78 is 0.840. The molecule has 1 heterocycles. The van der Waals surface area contributed by atoms with Crippen LogP contribution in [-0.4, -0.2) is 22.9 Å². The zero-order valence-electron chi connectivity index (χ0n) is 19.3. The van der Waals surface area contributed by atoms with E-state index in [4.69, 9.17) is 11.6 Å². The lowest BCUT2D eigenvalue weighted by molar-refractivity contribution is 0.0697. The molecule has 1 aromatic heterocycles. The van der Waals surface area contributed by atoms with Gasteiger partial charge in [0.25, 0.3) is 11.8 Å².